The van der Waals surface area contributed by atoms with Crippen molar-refractivity contribution in [3.05, 3.63) is 40.8 Å². The molecule has 1 heterocycles. The van der Waals surface area contributed by atoms with Crippen LogP contribution in [-0.2, 0) is 15.6 Å². The molecule has 0 fully saturated rings. The molecule has 0 saturated heterocycles. The average molecular weight is 366 g/mol. The number of hydrogen-bond acceptors (Lipinski definition) is 4. The molecule has 0 aliphatic carbocycles. The minimum absolute atomic E-state index is 0.164. The Kier molecular flexibility index (Phi) is 4.17. The van der Waals surface area contributed by atoms with Gasteiger partial charge in [-0.2, -0.15) is 0 Å². The summed E-state index contributed by atoms with van der Waals surface area (Å²) in [6, 6.07) is 5.59. The van der Waals surface area contributed by atoms with Crippen LogP contribution in [0.5, 0.6) is 5.75 Å². The van der Waals surface area contributed by atoms with Gasteiger partial charge in [0.1, 0.15) is 5.75 Å². The van der Waals surface area contributed by atoms with Gasteiger partial charge in [0, 0.05) is 26.9 Å². The number of hydrogen-bond donors (Lipinski definition) is 0. The normalized spacial score (nSPS) is 11.5. The van der Waals surface area contributed by atoms with Crippen LogP contribution in [0.4, 0.5) is 0 Å². The van der Waals surface area contributed by atoms with Gasteiger partial charge >= 0.3 is 0 Å². The standard InChI is InChI=1S/C11H10BrClN2O3S/c1-18-10-3-2-9(12)4-8(10)5-15-6-11(14-7-15)19(13,16)17/h2-4,6-7H,5H2,1H3. The van der Waals surface area contributed by atoms with Crippen LogP contribution in [0.1, 0.15) is 5.56 Å². The molecule has 2 rings (SSSR count). The van der Waals surface area contributed by atoms with Gasteiger partial charge in [-0.15, -0.1) is 0 Å². The summed E-state index contributed by atoms with van der Waals surface area (Å²) in [6.07, 6.45) is 2.79. The minimum Gasteiger partial charge on any atom is -0.496 e. The molecule has 5 nitrogen and oxygen atoms in total. The quantitative estimate of drug-likeness (QED) is 0.782. The Labute approximate surface area is 123 Å². The van der Waals surface area contributed by atoms with Crippen LogP contribution in [0, 0.1) is 0 Å². The predicted octanol–water partition coefficient (Wildman–Crippen LogP) is 2.63. The SMILES string of the molecule is COc1ccc(Br)cc1Cn1cnc(S(=O)(=O)Cl)c1. The van der Waals surface area contributed by atoms with Crippen molar-refractivity contribution < 1.29 is 13.2 Å². The van der Waals surface area contributed by atoms with Crippen LogP contribution < -0.4 is 4.74 Å². The van der Waals surface area contributed by atoms with E-state index in [0.717, 1.165) is 10.0 Å². The summed E-state index contributed by atoms with van der Waals surface area (Å²) < 4.78 is 30.0. The maximum Gasteiger partial charge on any atom is 0.280 e. The van der Waals surface area contributed by atoms with Crippen LogP contribution in [-0.4, -0.2) is 25.1 Å². The predicted molar refractivity (Wildman–Crippen MR) is 75.1 cm³/mol. The number of imidazole rings is 1. The topological polar surface area (TPSA) is 61.2 Å². The fourth-order valence-electron chi connectivity index (χ4n) is 1.62. The number of halogens is 2. The number of methoxy groups -OCH3 is 1. The van der Waals surface area contributed by atoms with E-state index in [2.05, 4.69) is 20.9 Å². The second-order valence-electron chi connectivity index (χ2n) is 3.78. The van der Waals surface area contributed by atoms with Gasteiger partial charge in [0.15, 0.2) is 5.03 Å². The van der Waals surface area contributed by atoms with E-state index in [0.29, 0.717) is 12.3 Å². The minimum atomic E-state index is -3.80. The van der Waals surface area contributed by atoms with Crippen molar-refractivity contribution in [2.45, 2.75) is 11.6 Å². The molecule has 0 unspecified atom stereocenters. The van der Waals surface area contributed by atoms with E-state index in [1.165, 1.54) is 12.5 Å². The molecule has 102 valence electrons. The summed E-state index contributed by atoms with van der Waals surface area (Å²) in [6.45, 7) is 0.433. The van der Waals surface area contributed by atoms with Gasteiger partial charge in [0.2, 0.25) is 0 Å². The smallest absolute Gasteiger partial charge is 0.280 e. The second-order valence-corrected chi connectivity index (χ2v) is 7.21. The first kappa shape index (κ1) is 14.4. The molecule has 8 heteroatoms. The first-order chi connectivity index (χ1) is 8.90. The van der Waals surface area contributed by atoms with Crippen molar-refractivity contribution in [3.63, 3.8) is 0 Å². The lowest BCUT2D eigenvalue weighted by Crippen LogP contribution is -2.00. The van der Waals surface area contributed by atoms with Crippen molar-refractivity contribution in [2.75, 3.05) is 7.11 Å². The first-order valence-corrected chi connectivity index (χ1v) is 8.29. The molecular formula is C11H10BrClN2O3S. The molecule has 0 N–H and O–H groups in total. The third-order valence-corrected chi connectivity index (χ3v) is 4.13. The molecule has 0 saturated carbocycles. The van der Waals surface area contributed by atoms with Crippen LogP contribution >= 0.6 is 26.6 Å². The van der Waals surface area contributed by atoms with Gasteiger partial charge < -0.3 is 9.30 Å². The molecule has 1 aromatic heterocycles. The van der Waals surface area contributed by atoms with Crippen molar-refractivity contribution in [1.29, 1.82) is 0 Å². The molecular weight excluding hydrogens is 356 g/mol. The summed E-state index contributed by atoms with van der Waals surface area (Å²) >= 11 is 3.38. The van der Waals surface area contributed by atoms with Gasteiger partial charge in [-0.1, -0.05) is 15.9 Å². The van der Waals surface area contributed by atoms with E-state index in [1.54, 1.807) is 11.7 Å². The largest absolute Gasteiger partial charge is 0.496 e. The molecule has 0 radical (unpaired) electrons. The molecule has 1 aromatic carbocycles. The molecule has 0 aliphatic heterocycles. The maximum absolute atomic E-state index is 11.1. The van der Waals surface area contributed by atoms with Crippen LogP contribution in [0.2, 0.25) is 0 Å². The Hall–Kier alpha value is -1.05. The van der Waals surface area contributed by atoms with Crippen molar-refractivity contribution in [2.24, 2.45) is 0 Å². The van der Waals surface area contributed by atoms with E-state index in [-0.39, 0.29) is 5.03 Å². The van der Waals surface area contributed by atoms with E-state index in [4.69, 9.17) is 15.4 Å². The summed E-state index contributed by atoms with van der Waals surface area (Å²) in [4.78, 5) is 3.75. The summed E-state index contributed by atoms with van der Waals surface area (Å²) in [7, 11) is 3.00. The third-order valence-electron chi connectivity index (χ3n) is 2.45. The number of benzene rings is 1. The molecule has 0 spiro atoms. The Morgan fingerprint density at radius 2 is 2.21 bits per heavy atom. The van der Waals surface area contributed by atoms with Gasteiger partial charge in [0.25, 0.3) is 9.05 Å². The average Bonchev–Trinajstić information content (AvgIpc) is 2.77. The van der Waals surface area contributed by atoms with E-state index < -0.39 is 9.05 Å². The zero-order valence-corrected chi connectivity index (χ0v) is 13.0. The highest BCUT2D eigenvalue weighted by Gasteiger charge is 2.14. The number of aromatic nitrogens is 2. The summed E-state index contributed by atoms with van der Waals surface area (Å²) in [5.41, 5.74) is 0.896. The fourth-order valence-corrected chi connectivity index (χ4v) is 2.70. The lowest BCUT2D eigenvalue weighted by Gasteiger charge is -2.09. The van der Waals surface area contributed by atoms with E-state index in [1.807, 2.05) is 18.2 Å². The lowest BCUT2D eigenvalue weighted by molar-refractivity contribution is 0.408. The highest BCUT2D eigenvalue weighted by molar-refractivity contribution is 9.10. The Balaban J connectivity index is 2.31. The Morgan fingerprint density at radius 1 is 1.47 bits per heavy atom. The molecule has 0 aliphatic rings. The second kappa shape index (κ2) is 5.52. The molecule has 0 amide bonds. The summed E-state index contributed by atoms with van der Waals surface area (Å²) in [5.74, 6) is 0.715. The zero-order valence-electron chi connectivity index (χ0n) is 9.88. The maximum atomic E-state index is 11.1. The Morgan fingerprint density at radius 3 is 2.79 bits per heavy atom. The van der Waals surface area contributed by atoms with Crippen molar-refractivity contribution in [3.8, 4) is 5.75 Å². The molecule has 19 heavy (non-hydrogen) atoms. The Bertz CT molecular complexity index is 700. The third kappa shape index (κ3) is 3.49. The summed E-state index contributed by atoms with van der Waals surface area (Å²) in [5, 5.41) is -0.164. The van der Waals surface area contributed by atoms with Gasteiger partial charge in [-0.3, -0.25) is 0 Å². The van der Waals surface area contributed by atoms with Crippen LogP contribution in [0.25, 0.3) is 0 Å². The highest BCUT2D eigenvalue weighted by Crippen LogP contribution is 2.24. The lowest BCUT2D eigenvalue weighted by atomic mass is 10.2. The van der Waals surface area contributed by atoms with E-state index in [9.17, 15) is 8.42 Å². The number of ether oxygens (including phenoxy) is 1. The van der Waals surface area contributed by atoms with Gasteiger partial charge in [-0.05, 0) is 18.2 Å². The van der Waals surface area contributed by atoms with Crippen LogP contribution in [0.15, 0.2) is 40.2 Å². The number of nitrogens with zero attached hydrogens (tertiary/aromatic N) is 2. The molecule has 2 aromatic rings. The van der Waals surface area contributed by atoms with E-state index >= 15 is 0 Å². The van der Waals surface area contributed by atoms with Gasteiger partial charge in [-0.25, -0.2) is 13.4 Å². The van der Waals surface area contributed by atoms with Crippen molar-refractivity contribution in [1.82, 2.24) is 9.55 Å². The number of rotatable bonds is 4. The fraction of sp³-hybridized carbons (Fsp3) is 0.182. The van der Waals surface area contributed by atoms with Crippen molar-refractivity contribution >= 4 is 35.7 Å². The monoisotopic (exact) mass is 364 g/mol. The van der Waals surface area contributed by atoms with Gasteiger partial charge in [0.05, 0.1) is 20.0 Å². The zero-order chi connectivity index (χ0) is 14.0. The molecule has 0 atom stereocenters. The van der Waals surface area contributed by atoms with Crippen LogP contribution in [0.3, 0.4) is 0 Å². The highest BCUT2D eigenvalue weighted by atomic mass is 79.9. The molecule has 0 bridgehead atoms. The first-order valence-electron chi connectivity index (χ1n) is 5.19.